The van der Waals surface area contributed by atoms with Crippen LogP contribution in [0.15, 0.2) is 99.2 Å². The number of rotatable bonds is 7. The second-order valence-electron chi connectivity index (χ2n) is 8.24. The highest BCUT2D eigenvalue weighted by atomic mass is 16.5. The molecule has 2 heterocycles. The normalized spacial score (nSPS) is 11.3. The van der Waals surface area contributed by atoms with Crippen LogP contribution in [0.5, 0.6) is 0 Å². The van der Waals surface area contributed by atoms with Crippen molar-refractivity contribution in [3.63, 3.8) is 0 Å². The Hall–Kier alpha value is -4.98. The van der Waals surface area contributed by atoms with Crippen LogP contribution in [0.25, 0.3) is 33.1 Å². The molecule has 8 nitrogen and oxygen atoms in total. The second kappa shape index (κ2) is 10.3. The van der Waals surface area contributed by atoms with Crippen molar-refractivity contribution in [2.45, 2.75) is 13.5 Å². The first-order chi connectivity index (χ1) is 18.0. The topological polar surface area (TPSA) is 103 Å². The van der Waals surface area contributed by atoms with Gasteiger partial charge in [0.2, 0.25) is 0 Å². The van der Waals surface area contributed by atoms with Gasteiger partial charge in [0.25, 0.3) is 5.91 Å². The zero-order valence-corrected chi connectivity index (χ0v) is 20.0. The zero-order valence-electron chi connectivity index (χ0n) is 20.0. The van der Waals surface area contributed by atoms with Gasteiger partial charge in [-0.1, -0.05) is 36.4 Å². The number of esters is 1. The fraction of sp³-hybridized carbons (Fsp3) is 0.103. The van der Waals surface area contributed by atoms with Gasteiger partial charge in [-0.2, -0.15) is 5.10 Å². The van der Waals surface area contributed by atoms with Crippen molar-refractivity contribution in [1.29, 1.82) is 0 Å². The van der Waals surface area contributed by atoms with Gasteiger partial charge in [0.05, 0.1) is 29.4 Å². The van der Waals surface area contributed by atoms with E-state index in [1.165, 1.54) is 6.21 Å². The van der Waals surface area contributed by atoms with Crippen LogP contribution in [0.3, 0.4) is 0 Å². The van der Waals surface area contributed by atoms with E-state index >= 15 is 0 Å². The van der Waals surface area contributed by atoms with Gasteiger partial charge in [-0.25, -0.2) is 10.2 Å². The summed E-state index contributed by atoms with van der Waals surface area (Å²) in [6.07, 6.45) is 1.41. The van der Waals surface area contributed by atoms with Gasteiger partial charge in [0.15, 0.2) is 5.43 Å². The molecule has 0 aliphatic heterocycles. The Bertz CT molecular complexity index is 1640. The molecule has 0 atom stereocenters. The number of nitrogens with one attached hydrogen (secondary N) is 1. The van der Waals surface area contributed by atoms with Crippen molar-refractivity contribution < 1.29 is 18.7 Å². The lowest BCUT2D eigenvalue weighted by atomic mass is 10.1. The number of pyridine rings is 1. The van der Waals surface area contributed by atoms with Crippen molar-refractivity contribution in [3.8, 4) is 11.3 Å². The molecule has 37 heavy (non-hydrogen) atoms. The van der Waals surface area contributed by atoms with E-state index in [1.807, 2.05) is 28.8 Å². The van der Waals surface area contributed by atoms with Gasteiger partial charge in [-0.3, -0.25) is 9.59 Å². The zero-order chi connectivity index (χ0) is 25.8. The number of furan rings is 1. The first-order valence-electron chi connectivity index (χ1n) is 11.7. The molecule has 0 saturated carbocycles. The minimum absolute atomic E-state index is 0.0190. The lowest BCUT2D eigenvalue weighted by Crippen LogP contribution is -2.25. The molecule has 0 radical (unpaired) electrons. The summed E-state index contributed by atoms with van der Waals surface area (Å²) in [5, 5.41) is 5.13. The van der Waals surface area contributed by atoms with Crippen LogP contribution in [0.1, 0.15) is 23.0 Å². The highest BCUT2D eigenvalue weighted by Crippen LogP contribution is 2.22. The van der Waals surface area contributed by atoms with E-state index in [2.05, 4.69) is 10.5 Å². The van der Waals surface area contributed by atoms with Crippen LogP contribution in [0, 0.1) is 0 Å². The summed E-state index contributed by atoms with van der Waals surface area (Å²) in [6, 6.07) is 24.8. The van der Waals surface area contributed by atoms with Crippen molar-refractivity contribution in [2.24, 2.45) is 5.10 Å². The third-order valence-electron chi connectivity index (χ3n) is 5.87. The summed E-state index contributed by atoms with van der Waals surface area (Å²) in [4.78, 5) is 37.4. The minimum atomic E-state index is -0.375. The molecule has 5 rings (SSSR count). The third-order valence-corrected chi connectivity index (χ3v) is 5.87. The van der Waals surface area contributed by atoms with Crippen molar-refractivity contribution in [1.82, 2.24) is 9.99 Å². The van der Waals surface area contributed by atoms with Crippen molar-refractivity contribution in [3.05, 3.63) is 106 Å². The lowest BCUT2D eigenvalue weighted by Gasteiger charge is -2.14. The summed E-state index contributed by atoms with van der Waals surface area (Å²) >= 11 is 0. The molecule has 0 unspecified atom stereocenters. The predicted molar refractivity (Wildman–Crippen MR) is 142 cm³/mol. The largest absolute Gasteiger partial charge is 0.462 e. The van der Waals surface area contributed by atoms with Gasteiger partial charge in [0.1, 0.15) is 18.1 Å². The van der Waals surface area contributed by atoms with Gasteiger partial charge < -0.3 is 13.7 Å². The van der Waals surface area contributed by atoms with Crippen LogP contribution in [-0.4, -0.2) is 29.3 Å². The monoisotopic (exact) mass is 493 g/mol. The number of aromatic nitrogens is 1. The fourth-order valence-corrected chi connectivity index (χ4v) is 4.16. The van der Waals surface area contributed by atoms with E-state index in [1.54, 1.807) is 67.6 Å². The molecule has 1 N–H and O–H groups in total. The number of carbonyl (C=O) groups excluding carboxylic acids is 2. The van der Waals surface area contributed by atoms with Crippen LogP contribution < -0.4 is 10.9 Å². The number of amides is 1. The highest BCUT2D eigenvalue weighted by Gasteiger charge is 2.13. The van der Waals surface area contributed by atoms with E-state index in [-0.39, 0.29) is 23.9 Å². The van der Waals surface area contributed by atoms with Crippen molar-refractivity contribution >= 4 is 39.9 Å². The maximum Gasteiger partial charge on any atom is 0.338 e. The summed E-state index contributed by atoms with van der Waals surface area (Å²) in [5.41, 5.74) is 5.06. The minimum Gasteiger partial charge on any atom is -0.462 e. The standard InChI is InChI=1S/C29H23N3O5/c1-2-36-29(35)20-13-11-19(12-14-20)26-16-15-21(37-26)17-30-31-27(33)18-32-24-9-5-3-7-22(24)28(34)23-8-4-6-10-25(23)32/h3-17H,2,18H2,1H3,(H,31,33)/b30-17+. The van der Waals surface area contributed by atoms with E-state index in [0.717, 1.165) is 5.56 Å². The summed E-state index contributed by atoms with van der Waals surface area (Å²) in [6.45, 7) is 2.06. The Kier molecular flexibility index (Phi) is 6.63. The number of ether oxygens (including phenoxy) is 1. The van der Waals surface area contributed by atoms with E-state index in [4.69, 9.17) is 9.15 Å². The van der Waals surface area contributed by atoms with Gasteiger partial charge in [0, 0.05) is 16.3 Å². The SMILES string of the molecule is CCOC(=O)c1ccc(-c2ccc(/C=N/NC(=O)Cn3c4ccccc4c(=O)c4ccccc43)o2)cc1. The molecule has 8 heteroatoms. The average Bonchev–Trinajstić information content (AvgIpc) is 3.40. The van der Waals surface area contributed by atoms with Crippen LogP contribution in [-0.2, 0) is 16.1 Å². The molecule has 0 saturated heterocycles. The molecule has 0 aliphatic rings. The quantitative estimate of drug-likeness (QED) is 0.153. The Morgan fingerprint density at radius 3 is 2.22 bits per heavy atom. The van der Waals surface area contributed by atoms with Crippen molar-refractivity contribution in [2.75, 3.05) is 6.61 Å². The molecule has 184 valence electrons. The molecule has 1 amide bonds. The predicted octanol–water partition coefficient (Wildman–Crippen LogP) is 4.74. The Morgan fingerprint density at radius 1 is 0.919 bits per heavy atom. The number of benzene rings is 3. The molecular formula is C29H23N3O5. The number of hydrogen-bond acceptors (Lipinski definition) is 6. The Labute approximate surface area is 211 Å². The first-order valence-corrected chi connectivity index (χ1v) is 11.7. The van der Waals surface area contributed by atoms with Crippen LogP contribution >= 0.6 is 0 Å². The summed E-state index contributed by atoms with van der Waals surface area (Å²) in [7, 11) is 0. The lowest BCUT2D eigenvalue weighted by molar-refractivity contribution is -0.121. The molecule has 0 bridgehead atoms. The fourth-order valence-electron chi connectivity index (χ4n) is 4.16. The first kappa shape index (κ1) is 23.7. The number of carbonyl (C=O) groups is 2. The van der Waals surface area contributed by atoms with Gasteiger partial charge in [-0.05, 0) is 55.5 Å². The molecular weight excluding hydrogens is 470 g/mol. The molecule has 5 aromatic rings. The Morgan fingerprint density at radius 2 is 1.57 bits per heavy atom. The second-order valence-corrected chi connectivity index (χ2v) is 8.24. The molecule has 3 aromatic carbocycles. The maximum atomic E-state index is 12.9. The van der Waals surface area contributed by atoms with E-state index < -0.39 is 0 Å². The molecule has 0 aliphatic carbocycles. The van der Waals surface area contributed by atoms with Gasteiger partial charge in [-0.15, -0.1) is 0 Å². The molecule has 0 fully saturated rings. The third kappa shape index (κ3) is 4.90. The van der Waals surface area contributed by atoms with Crippen LogP contribution in [0.4, 0.5) is 0 Å². The number of para-hydroxylation sites is 2. The number of hydrogen-bond donors (Lipinski definition) is 1. The van der Waals surface area contributed by atoms with E-state index in [9.17, 15) is 14.4 Å². The maximum absolute atomic E-state index is 12.9. The molecule has 2 aromatic heterocycles. The summed E-state index contributed by atoms with van der Waals surface area (Å²) < 4.78 is 12.6. The highest BCUT2D eigenvalue weighted by molar-refractivity contribution is 5.95. The Balaban J connectivity index is 1.29. The number of fused-ring (bicyclic) bond motifs is 2. The average molecular weight is 494 g/mol. The van der Waals surface area contributed by atoms with Crippen LogP contribution in [0.2, 0.25) is 0 Å². The molecule has 0 spiro atoms. The number of nitrogens with zero attached hydrogens (tertiary/aromatic N) is 2. The summed E-state index contributed by atoms with van der Waals surface area (Å²) in [5.74, 6) is 0.315. The van der Waals surface area contributed by atoms with E-state index in [0.29, 0.717) is 45.5 Å². The van der Waals surface area contributed by atoms with Gasteiger partial charge >= 0.3 is 5.97 Å². The smallest absolute Gasteiger partial charge is 0.338 e. The number of hydrazone groups is 1.